The van der Waals surface area contributed by atoms with Crippen molar-refractivity contribution in [3.8, 4) is 0 Å². The fraction of sp³-hybridized carbons (Fsp3) is 0.786. The second-order valence-corrected chi connectivity index (χ2v) is 6.52. The zero-order valence-corrected chi connectivity index (χ0v) is 13.0. The Hall–Kier alpha value is -0.650. The van der Waals surface area contributed by atoms with Gasteiger partial charge in [0.1, 0.15) is 0 Å². The molecule has 0 radical (unpaired) electrons. The fourth-order valence-electron chi connectivity index (χ4n) is 2.62. The Balaban J connectivity index is 1.89. The van der Waals surface area contributed by atoms with Gasteiger partial charge in [0.05, 0.1) is 6.61 Å². The van der Waals surface area contributed by atoms with Gasteiger partial charge in [0.2, 0.25) is 0 Å². The number of methoxy groups -OCH3 is 1. The Bertz CT molecular complexity index is 381. The van der Waals surface area contributed by atoms with Crippen LogP contribution in [0.1, 0.15) is 31.6 Å². The minimum Gasteiger partial charge on any atom is -0.383 e. The molecule has 0 amide bonds. The number of anilines is 1. The van der Waals surface area contributed by atoms with Gasteiger partial charge in [0, 0.05) is 43.9 Å². The van der Waals surface area contributed by atoms with Crippen molar-refractivity contribution in [1.29, 1.82) is 0 Å². The molecule has 2 rings (SSSR count). The molecule has 19 heavy (non-hydrogen) atoms. The van der Waals surface area contributed by atoms with Crippen LogP contribution in [0.3, 0.4) is 0 Å². The van der Waals surface area contributed by atoms with Gasteiger partial charge in [-0.25, -0.2) is 4.98 Å². The lowest BCUT2D eigenvalue weighted by molar-refractivity contribution is 0.199. The maximum Gasteiger partial charge on any atom is 0.185 e. The molecule has 4 nitrogen and oxygen atoms in total. The highest BCUT2D eigenvalue weighted by Crippen LogP contribution is 2.32. The quantitative estimate of drug-likeness (QED) is 0.780. The third-order valence-corrected chi connectivity index (χ3v) is 4.67. The summed E-state index contributed by atoms with van der Waals surface area (Å²) in [4.78, 5) is 8.40. The highest BCUT2D eigenvalue weighted by Gasteiger charge is 2.28. The molecule has 0 bridgehead atoms. The van der Waals surface area contributed by atoms with Gasteiger partial charge in [-0.3, -0.25) is 0 Å². The first-order chi connectivity index (χ1) is 9.22. The Morgan fingerprint density at radius 3 is 3.16 bits per heavy atom. The molecular weight excluding hydrogens is 258 g/mol. The lowest BCUT2D eigenvalue weighted by Crippen LogP contribution is -2.33. The number of nitrogens with one attached hydrogen (secondary N) is 1. The van der Waals surface area contributed by atoms with Crippen LogP contribution < -0.4 is 10.2 Å². The SMILES string of the molecule is COCCNCc1cnc(N2CCCC2C(C)C)s1. The third-order valence-electron chi connectivity index (χ3n) is 3.64. The Labute approximate surface area is 120 Å². The summed E-state index contributed by atoms with van der Waals surface area (Å²) in [5.41, 5.74) is 0. The molecule has 5 heteroatoms. The highest BCUT2D eigenvalue weighted by molar-refractivity contribution is 7.15. The third kappa shape index (κ3) is 3.91. The van der Waals surface area contributed by atoms with E-state index >= 15 is 0 Å². The van der Waals surface area contributed by atoms with Crippen molar-refractivity contribution < 1.29 is 4.74 Å². The molecule has 1 aromatic heterocycles. The Morgan fingerprint density at radius 2 is 2.42 bits per heavy atom. The summed E-state index contributed by atoms with van der Waals surface area (Å²) in [5.74, 6) is 0.703. The molecule has 108 valence electrons. The minimum absolute atomic E-state index is 0.667. The summed E-state index contributed by atoms with van der Waals surface area (Å²) in [6, 6.07) is 0.667. The summed E-state index contributed by atoms with van der Waals surface area (Å²) >= 11 is 1.82. The molecule has 0 saturated carbocycles. The zero-order chi connectivity index (χ0) is 13.7. The first-order valence-corrected chi connectivity index (χ1v) is 7.95. The molecule has 0 aromatic carbocycles. The molecule has 1 saturated heterocycles. The molecule has 0 aliphatic carbocycles. The normalized spacial score (nSPS) is 19.6. The molecule has 1 aliphatic rings. The van der Waals surface area contributed by atoms with Gasteiger partial charge in [0.25, 0.3) is 0 Å². The molecule has 1 atom stereocenters. The van der Waals surface area contributed by atoms with E-state index in [2.05, 4.69) is 29.0 Å². The first kappa shape index (κ1) is 14.8. The second kappa shape index (κ2) is 7.22. The molecule has 1 N–H and O–H groups in total. The van der Waals surface area contributed by atoms with Crippen LogP contribution >= 0.6 is 11.3 Å². The van der Waals surface area contributed by atoms with E-state index < -0.39 is 0 Å². The van der Waals surface area contributed by atoms with Gasteiger partial charge < -0.3 is 15.0 Å². The number of ether oxygens (including phenoxy) is 1. The average molecular weight is 283 g/mol. The van der Waals surface area contributed by atoms with E-state index in [1.165, 1.54) is 22.9 Å². The van der Waals surface area contributed by atoms with Crippen LogP contribution in [0.2, 0.25) is 0 Å². The van der Waals surface area contributed by atoms with Crippen LogP contribution in [0.4, 0.5) is 5.13 Å². The predicted octanol–water partition coefficient (Wildman–Crippen LogP) is 2.50. The van der Waals surface area contributed by atoms with Crippen LogP contribution in [-0.4, -0.2) is 37.8 Å². The van der Waals surface area contributed by atoms with Gasteiger partial charge >= 0.3 is 0 Å². The maximum atomic E-state index is 5.02. The highest BCUT2D eigenvalue weighted by atomic mass is 32.1. The summed E-state index contributed by atoms with van der Waals surface area (Å²) in [6.45, 7) is 8.32. The van der Waals surface area contributed by atoms with Crippen LogP contribution in [-0.2, 0) is 11.3 Å². The molecule has 1 aromatic rings. The van der Waals surface area contributed by atoms with Gasteiger partial charge in [-0.2, -0.15) is 0 Å². The standard InChI is InChI=1S/C14H25N3OS/c1-11(2)13-5-4-7-17(13)14-16-10-12(19-14)9-15-6-8-18-3/h10-11,13,15H,4-9H2,1-3H3. The number of hydrogen-bond donors (Lipinski definition) is 1. The van der Waals surface area contributed by atoms with Crippen LogP contribution in [0.15, 0.2) is 6.20 Å². The Kier molecular flexibility index (Phi) is 5.60. The van der Waals surface area contributed by atoms with E-state index in [4.69, 9.17) is 4.74 Å². The van der Waals surface area contributed by atoms with E-state index in [0.717, 1.165) is 26.2 Å². The molecular formula is C14H25N3OS. The smallest absolute Gasteiger partial charge is 0.185 e. The molecule has 0 spiro atoms. The maximum absolute atomic E-state index is 5.02. The van der Waals surface area contributed by atoms with Crippen molar-refractivity contribution in [3.63, 3.8) is 0 Å². The topological polar surface area (TPSA) is 37.4 Å². The summed E-state index contributed by atoms with van der Waals surface area (Å²) < 4.78 is 5.02. The van der Waals surface area contributed by atoms with Gasteiger partial charge in [-0.15, -0.1) is 11.3 Å². The number of hydrogen-bond acceptors (Lipinski definition) is 5. The first-order valence-electron chi connectivity index (χ1n) is 7.13. The van der Waals surface area contributed by atoms with Crippen LogP contribution in [0.5, 0.6) is 0 Å². The number of rotatable bonds is 7. The summed E-state index contributed by atoms with van der Waals surface area (Å²) in [6.07, 6.45) is 4.61. The largest absolute Gasteiger partial charge is 0.383 e. The van der Waals surface area contributed by atoms with Gasteiger partial charge in [0.15, 0.2) is 5.13 Å². The number of thiazole rings is 1. The minimum atomic E-state index is 0.667. The lowest BCUT2D eigenvalue weighted by atomic mass is 10.0. The molecule has 1 fully saturated rings. The predicted molar refractivity (Wildman–Crippen MR) is 80.9 cm³/mol. The van der Waals surface area contributed by atoms with Crippen molar-refractivity contribution in [3.05, 3.63) is 11.1 Å². The van der Waals surface area contributed by atoms with Crippen LogP contribution in [0, 0.1) is 5.92 Å². The van der Waals surface area contributed by atoms with Crippen molar-refractivity contribution in [2.24, 2.45) is 5.92 Å². The van der Waals surface area contributed by atoms with E-state index in [1.807, 2.05) is 17.5 Å². The molecule has 2 heterocycles. The van der Waals surface area contributed by atoms with Crippen molar-refractivity contribution >= 4 is 16.5 Å². The van der Waals surface area contributed by atoms with Gasteiger partial charge in [-0.1, -0.05) is 13.8 Å². The van der Waals surface area contributed by atoms with E-state index in [1.54, 1.807) is 7.11 Å². The lowest BCUT2D eigenvalue weighted by Gasteiger charge is -2.27. The van der Waals surface area contributed by atoms with E-state index in [0.29, 0.717) is 12.0 Å². The second-order valence-electron chi connectivity index (χ2n) is 5.43. The van der Waals surface area contributed by atoms with E-state index in [9.17, 15) is 0 Å². The summed E-state index contributed by atoms with van der Waals surface area (Å²) in [5, 5.41) is 4.56. The fourth-order valence-corrected chi connectivity index (χ4v) is 3.58. The van der Waals surface area contributed by atoms with Crippen LogP contribution in [0.25, 0.3) is 0 Å². The van der Waals surface area contributed by atoms with Crippen molar-refractivity contribution in [2.75, 3.05) is 31.7 Å². The van der Waals surface area contributed by atoms with E-state index in [-0.39, 0.29) is 0 Å². The number of nitrogens with zero attached hydrogens (tertiary/aromatic N) is 2. The molecule has 1 aliphatic heterocycles. The summed E-state index contributed by atoms with van der Waals surface area (Å²) in [7, 11) is 1.73. The number of aromatic nitrogens is 1. The van der Waals surface area contributed by atoms with Crippen molar-refractivity contribution in [1.82, 2.24) is 10.3 Å². The monoisotopic (exact) mass is 283 g/mol. The van der Waals surface area contributed by atoms with Gasteiger partial charge in [-0.05, 0) is 18.8 Å². The molecule has 1 unspecified atom stereocenters. The average Bonchev–Trinajstić information content (AvgIpc) is 3.02. The zero-order valence-electron chi connectivity index (χ0n) is 12.2. The van der Waals surface area contributed by atoms with Crippen molar-refractivity contribution in [2.45, 2.75) is 39.3 Å². The Morgan fingerprint density at radius 1 is 1.58 bits per heavy atom.